The van der Waals surface area contributed by atoms with Crippen LogP contribution in [-0.2, 0) is 10.0 Å². The molecule has 2 aliphatic rings. The van der Waals surface area contributed by atoms with Crippen LogP contribution in [0.2, 0.25) is 0 Å². The maximum atomic E-state index is 12.9. The van der Waals surface area contributed by atoms with Crippen molar-refractivity contribution in [3.05, 3.63) is 29.8 Å². The molecule has 112 valence electrons. The summed E-state index contributed by atoms with van der Waals surface area (Å²) in [5.41, 5.74) is 0.0802. The predicted octanol–water partition coefficient (Wildman–Crippen LogP) is 1.18. The molecule has 0 saturated carbocycles. The molecule has 2 heterocycles. The fourth-order valence-electron chi connectivity index (χ4n) is 3.62. The molecule has 2 aliphatic heterocycles. The van der Waals surface area contributed by atoms with Gasteiger partial charge in [0.2, 0.25) is 10.0 Å². The number of hydrogen-bond donors (Lipinski definition) is 1. The summed E-state index contributed by atoms with van der Waals surface area (Å²) in [5, 5.41) is 12.2. The predicted molar refractivity (Wildman–Crippen MR) is 79.0 cm³/mol. The molecule has 2 atom stereocenters. The van der Waals surface area contributed by atoms with E-state index in [-0.39, 0.29) is 10.4 Å². The fraction of sp³-hybridized carbons (Fsp3) is 0.533. The summed E-state index contributed by atoms with van der Waals surface area (Å²) in [7, 11) is -3.52. The van der Waals surface area contributed by atoms with E-state index in [4.69, 9.17) is 5.26 Å². The van der Waals surface area contributed by atoms with Gasteiger partial charge in [0.25, 0.3) is 0 Å². The van der Waals surface area contributed by atoms with Crippen molar-refractivity contribution in [1.29, 1.82) is 5.26 Å². The molecule has 1 N–H and O–H groups in total. The summed E-state index contributed by atoms with van der Waals surface area (Å²) in [5.74, 6) is 0.735. The van der Waals surface area contributed by atoms with Crippen LogP contribution in [0.4, 0.5) is 0 Å². The lowest BCUT2D eigenvalue weighted by Crippen LogP contribution is -2.47. The standard InChI is InChI=1S/C15H19N3O2S/c1-15(2)14-9-17-8-12(14)10-18(15)21(19,20)13-5-3-11(7-16)4-6-13/h3-6,12,14,17H,8-10H2,1-2H3. The van der Waals surface area contributed by atoms with Crippen LogP contribution in [0.25, 0.3) is 0 Å². The normalized spacial score (nSPS) is 28.2. The third-order valence-corrected chi connectivity index (χ3v) is 6.93. The molecule has 5 nitrogen and oxygen atoms in total. The lowest BCUT2D eigenvalue weighted by atomic mass is 9.85. The lowest BCUT2D eigenvalue weighted by molar-refractivity contribution is 0.233. The summed E-state index contributed by atoms with van der Waals surface area (Å²) in [6.45, 7) is 6.33. The molecule has 0 radical (unpaired) electrons. The first kappa shape index (κ1) is 14.5. The van der Waals surface area contributed by atoms with Gasteiger partial charge in [-0.25, -0.2) is 8.42 Å². The molecule has 0 spiro atoms. The molecule has 0 amide bonds. The van der Waals surface area contributed by atoms with Crippen molar-refractivity contribution in [2.75, 3.05) is 19.6 Å². The highest BCUT2D eigenvalue weighted by Crippen LogP contribution is 2.43. The van der Waals surface area contributed by atoms with E-state index >= 15 is 0 Å². The second-order valence-electron chi connectivity index (χ2n) is 6.35. The Hall–Kier alpha value is -1.42. The maximum absolute atomic E-state index is 12.9. The third kappa shape index (κ3) is 2.16. The van der Waals surface area contributed by atoms with E-state index in [1.165, 1.54) is 12.1 Å². The van der Waals surface area contributed by atoms with Gasteiger partial charge in [-0.05, 0) is 56.5 Å². The molecular weight excluding hydrogens is 286 g/mol. The van der Waals surface area contributed by atoms with E-state index < -0.39 is 10.0 Å². The molecule has 6 heteroatoms. The maximum Gasteiger partial charge on any atom is 0.243 e. The van der Waals surface area contributed by atoms with Gasteiger partial charge < -0.3 is 5.32 Å². The Balaban J connectivity index is 1.97. The van der Waals surface area contributed by atoms with Crippen molar-refractivity contribution < 1.29 is 8.42 Å². The highest BCUT2D eigenvalue weighted by Gasteiger charge is 2.53. The van der Waals surface area contributed by atoms with Crippen molar-refractivity contribution in [2.45, 2.75) is 24.3 Å². The van der Waals surface area contributed by atoms with Crippen LogP contribution in [0.3, 0.4) is 0 Å². The Labute approximate surface area is 125 Å². The third-order valence-electron chi connectivity index (χ3n) is 4.86. The van der Waals surface area contributed by atoms with E-state index in [2.05, 4.69) is 5.32 Å². The molecular formula is C15H19N3O2S. The van der Waals surface area contributed by atoms with Crippen LogP contribution in [0.1, 0.15) is 19.4 Å². The number of nitriles is 1. The second kappa shape index (κ2) is 4.80. The Bertz CT molecular complexity index is 689. The largest absolute Gasteiger partial charge is 0.316 e. The molecule has 0 aromatic heterocycles. The Morgan fingerprint density at radius 2 is 1.95 bits per heavy atom. The molecule has 3 rings (SSSR count). The van der Waals surface area contributed by atoms with E-state index in [0.29, 0.717) is 23.9 Å². The number of nitrogens with zero attached hydrogens (tertiary/aromatic N) is 2. The summed E-state index contributed by atoms with van der Waals surface area (Å²) < 4.78 is 27.4. The molecule has 21 heavy (non-hydrogen) atoms. The molecule has 2 saturated heterocycles. The van der Waals surface area contributed by atoms with Crippen LogP contribution in [-0.4, -0.2) is 37.9 Å². The van der Waals surface area contributed by atoms with Crippen LogP contribution in [0.5, 0.6) is 0 Å². The molecule has 2 unspecified atom stereocenters. The minimum absolute atomic E-state index is 0.266. The molecule has 0 aliphatic carbocycles. The fourth-order valence-corrected chi connectivity index (χ4v) is 5.50. The van der Waals surface area contributed by atoms with Crippen molar-refractivity contribution in [1.82, 2.24) is 9.62 Å². The lowest BCUT2D eigenvalue weighted by Gasteiger charge is -2.34. The Morgan fingerprint density at radius 1 is 1.29 bits per heavy atom. The van der Waals surface area contributed by atoms with Gasteiger partial charge in [0.1, 0.15) is 0 Å². The number of rotatable bonds is 2. The van der Waals surface area contributed by atoms with Crippen LogP contribution < -0.4 is 5.32 Å². The number of nitrogens with one attached hydrogen (secondary N) is 1. The second-order valence-corrected chi connectivity index (χ2v) is 8.21. The summed E-state index contributed by atoms with van der Waals surface area (Å²) in [6.07, 6.45) is 0. The zero-order chi connectivity index (χ0) is 15.3. The van der Waals surface area contributed by atoms with Gasteiger partial charge in [0.05, 0.1) is 16.5 Å². The van der Waals surface area contributed by atoms with Crippen LogP contribution in [0.15, 0.2) is 29.2 Å². The van der Waals surface area contributed by atoms with Gasteiger partial charge in [0.15, 0.2) is 0 Å². The number of hydrogen-bond acceptors (Lipinski definition) is 4. The zero-order valence-electron chi connectivity index (χ0n) is 12.2. The van der Waals surface area contributed by atoms with E-state index in [9.17, 15) is 8.42 Å². The van der Waals surface area contributed by atoms with Crippen molar-refractivity contribution >= 4 is 10.0 Å². The summed E-state index contributed by atoms with van der Waals surface area (Å²) in [4.78, 5) is 0.266. The van der Waals surface area contributed by atoms with Crippen LogP contribution in [0, 0.1) is 23.2 Å². The Morgan fingerprint density at radius 3 is 2.52 bits per heavy atom. The van der Waals surface area contributed by atoms with Crippen molar-refractivity contribution in [3.63, 3.8) is 0 Å². The molecule has 0 bridgehead atoms. The minimum atomic E-state index is -3.52. The molecule has 1 aromatic rings. The minimum Gasteiger partial charge on any atom is -0.316 e. The quantitative estimate of drug-likeness (QED) is 0.890. The first-order valence-corrected chi connectivity index (χ1v) is 8.55. The van der Waals surface area contributed by atoms with E-state index in [0.717, 1.165) is 13.1 Å². The Kier molecular flexibility index (Phi) is 3.32. The van der Waals surface area contributed by atoms with E-state index in [1.807, 2.05) is 19.9 Å². The SMILES string of the molecule is CC1(C)C2CNCC2CN1S(=O)(=O)c1ccc(C#N)cc1. The first-order chi connectivity index (χ1) is 9.87. The summed E-state index contributed by atoms with van der Waals surface area (Å²) in [6, 6.07) is 8.16. The van der Waals surface area contributed by atoms with Gasteiger partial charge in [0, 0.05) is 18.6 Å². The highest BCUT2D eigenvalue weighted by atomic mass is 32.2. The molecule has 2 fully saturated rings. The van der Waals surface area contributed by atoms with Crippen LogP contribution >= 0.6 is 0 Å². The monoisotopic (exact) mass is 305 g/mol. The van der Waals surface area contributed by atoms with Crippen molar-refractivity contribution in [2.24, 2.45) is 11.8 Å². The van der Waals surface area contributed by atoms with Gasteiger partial charge in [-0.1, -0.05) is 0 Å². The number of benzene rings is 1. The first-order valence-electron chi connectivity index (χ1n) is 7.11. The number of sulfonamides is 1. The summed E-state index contributed by atoms with van der Waals surface area (Å²) >= 11 is 0. The highest BCUT2D eigenvalue weighted by molar-refractivity contribution is 7.89. The van der Waals surface area contributed by atoms with Gasteiger partial charge in [-0.15, -0.1) is 0 Å². The van der Waals surface area contributed by atoms with Gasteiger partial charge in [-0.3, -0.25) is 0 Å². The average molecular weight is 305 g/mol. The smallest absolute Gasteiger partial charge is 0.243 e. The van der Waals surface area contributed by atoms with Crippen molar-refractivity contribution in [3.8, 4) is 6.07 Å². The number of fused-ring (bicyclic) bond motifs is 1. The average Bonchev–Trinajstić information content (AvgIpc) is 3.01. The zero-order valence-corrected chi connectivity index (χ0v) is 13.0. The van der Waals surface area contributed by atoms with Gasteiger partial charge >= 0.3 is 0 Å². The topological polar surface area (TPSA) is 73.2 Å². The van der Waals surface area contributed by atoms with Gasteiger partial charge in [-0.2, -0.15) is 9.57 Å². The van der Waals surface area contributed by atoms with E-state index in [1.54, 1.807) is 16.4 Å². The molecule has 1 aromatic carbocycles.